The molecule has 2 aliphatic heterocycles. The Bertz CT molecular complexity index is 630. The molecule has 5 nitrogen and oxygen atoms in total. The zero-order valence-electron chi connectivity index (χ0n) is 12.5. The molecule has 2 aliphatic rings. The normalized spacial score (nSPS) is 22.9. The Hall–Kier alpha value is -0.920. The van der Waals surface area contributed by atoms with Crippen molar-refractivity contribution in [2.45, 2.75) is 25.4 Å². The number of cyclic esters (lactones) is 1. The van der Waals surface area contributed by atoms with E-state index < -0.39 is 0 Å². The highest BCUT2D eigenvalue weighted by Gasteiger charge is 2.49. The van der Waals surface area contributed by atoms with Crippen molar-refractivity contribution in [2.75, 3.05) is 19.6 Å². The van der Waals surface area contributed by atoms with Crippen molar-refractivity contribution in [3.05, 3.63) is 32.7 Å². The number of hydrogen-bond donors (Lipinski definition) is 2. The first-order valence-electron chi connectivity index (χ1n) is 7.65. The molecule has 1 aromatic carbocycles. The number of nitrogens with one attached hydrogen (secondary N) is 2. The second-order valence-electron chi connectivity index (χ2n) is 6.10. The van der Waals surface area contributed by atoms with Gasteiger partial charge in [-0.15, -0.1) is 0 Å². The third kappa shape index (κ3) is 3.61. The molecule has 0 saturated carbocycles. The number of benzene rings is 1. The van der Waals surface area contributed by atoms with Crippen LogP contribution in [-0.2, 0) is 9.53 Å². The van der Waals surface area contributed by atoms with Crippen molar-refractivity contribution in [3.8, 4) is 0 Å². The van der Waals surface area contributed by atoms with Crippen LogP contribution in [0, 0.1) is 5.41 Å². The lowest BCUT2D eigenvalue weighted by Gasteiger charge is -2.29. The van der Waals surface area contributed by atoms with E-state index in [1.807, 2.05) is 12.1 Å². The van der Waals surface area contributed by atoms with E-state index in [0.717, 1.165) is 34.9 Å². The second kappa shape index (κ2) is 6.91. The minimum Gasteiger partial charge on any atom is -0.460 e. The molecule has 124 valence electrons. The number of rotatable bonds is 3. The lowest BCUT2D eigenvalue weighted by atomic mass is 9.76. The van der Waals surface area contributed by atoms with Crippen molar-refractivity contribution >= 4 is 43.7 Å². The van der Waals surface area contributed by atoms with Gasteiger partial charge in [-0.2, -0.15) is 0 Å². The molecule has 2 saturated heterocycles. The van der Waals surface area contributed by atoms with Gasteiger partial charge in [0.05, 0.1) is 17.5 Å². The van der Waals surface area contributed by atoms with Gasteiger partial charge in [0, 0.05) is 15.4 Å². The number of piperidine rings is 1. The van der Waals surface area contributed by atoms with E-state index in [1.165, 1.54) is 0 Å². The molecule has 1 amide bonds. The first-order chi connectivity index (χ1) is 11.0. The summed E-state index contributed by atoms with van der Waals surface area (Å²) in [4.78, 5) is 24.5. The van der Waals surface area contributed by atoms with Gasteiger partial charge in [-0.05, 0) is 60.1 Å². The third-order valence-electron chi connectivity index (χ3n) is 4.55. The molecule has 0 radical (unpaired) electrons. The van der Waals surface area contributed by atoms with E-state index >= 15 is 0 Å². The summed E-state index contributed by atoms with van der Waals surface area (Å²) in [5, 5.41) is 6.14. The predicted molar refractivity (Wildman–Crippen MR) is 93.2 cm³/mol. The maximum Gasteiger partial charge on any atom is 0.312 e. The van der Waals surface area contributed by atoms with Crippen molar-refractivity contribution in [2.24, 2.45) is 5.41 Å². The smallest absolute Gasteiger partial charge is 0.312 e. The summed E-state index contributed by atoms with van der Waals surface area (Å²) in [6.45, 7) is 2.04. The molecule has 0 aromatic heterocycles. The van der Waals surface area contributed by atoms with Gasteiger partial charge >= 0.3 is 5.97 Å². The van der Waals surface area contributed by atoms with Crippen molar-refractivity contribution in [3.63, 3.8) is 0 Å². The Morgan fingerprint density at radius 1 is 1.35 bits per heavy atom. The fourth-order valence-electron chi connectivity index (χ4n) is 3.24. The van der Waals surface area contributed by atoms with Gasteiger partial charge in [0.2, 0.25) is 0 Å². The van der Waals surface area contributed by atoms with Crippen molar-refractivity contribution in [1.82, 2.24) is 10.6 Å². The van der Waals surface area contributed by atoms with Crippen molar-refractivity contribution in [1.29, 1.82) is 0 Å². The number of carbonyl (C=O) groups is 2. The highest BCUT2D eigenvalue weighted by Crippen LogP contribution is 2.41. The molecule has 2 heterocycles. The van der Waals surface area contributed by atoms with Gasteiger partial charge < -0.3 is 15.4 Å². The van der Waals surface area contributed by atoms with Gasteiger partial charge in [0.25, 0.3) is 5.91 Å². The molecular weight excluding hydrogens is 428 g/mol. The summed E-state index contributed by atoms with van der Waals surface area (Å²) >= 11 is 6.74. The first kappa shape index (κ1) is 16.9. The first-order valence-corrected chi connectivity index (χ1v) is 9.24. The largest absolute Gasteiger partial charge is 0.460 e. The summed E-state index contributed by atoms with van der Waals surface area (Å²) in [7, 11) is 0. The van der Waals surface area contributed by atoms with Crippen LogP contribution in [0.2, 0.25) is 0 Å². The fourth-order valence-corrected chi connectivity index (χ4v) is 4.03. The quantitative estimate of drug-likeness (QED) is 0.702. The van der Waals surface area contributed by atoms with E-state index in [0.29, 0.717) is 18.5 Å². The molecule has 1 spiro atoms. The van der Waals surface area contributed by atoms with Crippen LogP contribution in [0.15, 0.2) is 27.1 Å². The van der Waals surface area contributed by atoms with Crippen LogP contribution in [0.3, 0.4) is 0 Å². The molecule has 0 bridgehead atoms. The summed E-state index contributed by atoms with van der Waals surface area (Å²) < 4.78 is 7.06. The molecular formula is C16H18Br2N2O3. The molecule has 2 fully saturated rings. The molecule has 0 aliphatic carbocycles. The summed E-state index contributed by atoms with van der Waals surface area (Å²) in [6, 6.07) is 5.44. The molecule has 2 N–H and O–H groups in total. The molecule has 7 heteroatoms. The third-order valence-corrected chi connectivity index (χ3v) is 5.73. The summed E-state index contributed by atoms with van der Waals surface area (Å²) in [6.07, 6.45) is 2.07. The number of esters is 1. The highest BCUT2D eigenvalue weighted by molar-refractivity contribution is 9.11. The van der Waals surface area contributed by atoms with E-state index in [-0.39, 0.29) is 23.4 Å². The number of hydrogen-bond acceptors (Lipinski definition) is 4. The van der Waals surface area contributed by atoms with Gasteiger partial charge in [0.15, 0.2) is 0 Å². The van der Waals surface area contributed by atoms with E-state index in [4.69, 9.17) is 4.74 Å². The van der Waals surface area contributed by atoms with Gasteiger partial charge in [0.1, 0.15) is 6.10 Å². The standard InChI is InChI=1S/C16H18Br2N2O3/c17-10-1-2-13(18)12(7-10)14(21)20-9-11-8-16(15(22)23-11)3-5-19-6-4-16/h1-2,7,11,19H,3-6,8-9H2,(H,20,21). The van der Waals surface area contributed by atoms with Gasteiger partial charge in [-0.1, -0.05) is 15.9 Å². The minimum absolute atomic E-state index is 0.109. The van der Waals surface area contributed by atoms with Crippen LogP contribution in [0.1, 0.15) is 29.6 Å². The Kier molecular flexibility index (Phi) is 5.08. The SMILES string of the molecule is O=C(NCC1CC2(CCNCC2)C(=O)O1)c1cc(Br)ccc1Br. The average Bonchev–Trinajstić information content (AvgIpc) is 2.84. The number of amides is 1. The van der Waals surface area contributed by atoms with Gasteiger partial charge in [-0.25, -0.2) is 0 Å². The van der Waals surface area contributed by atoms with Crippen LogP contribution in [0.25, 0.3) is 0 Å². The molecule has 1 unspecified atom stereocenters. The predicted octanol–water partition coefficient (Wildman–Crippen LogP) is 2.63. The topological polar surface area (TPSA) is 67.4 Å². The summed E-state index contributed by atoms with van der Waals surface area (Å²) in [5.41, 5.74) is 0.206. The van der Waals surface area contributed by atoms with E-state index in [1.54, 1.807) is 6.07 Å². The van der Waals surface area contributed by atoms with E-state index in [9.17, 15) is 9.59 Å². The zero-order valence-corrected chi connectivity index (χ0v) is 15.7. The second-order valence-corrected chi connectivity index (χ2v) is 7.87. The Morgan fingerprint density at radius 2 is 2.09 bits per heavy atom. The lowest BCUT2D eigenvalue weighted by molar-refractivity contribution is -0.149. The van der Waals surface area contributed by atoms with Crippen LogP contribution in [0.4, 0.5) is 0 Å². The maximum absolute atomic E-state index is 12.3. The Balaban J connectivity index is 1.60. The van der Waals surface area contributed by atoms with Crippen LogP contribution in [0.5, 0.6) is 0 Å². The van der Waals surface area contributed by atoms with E-state index in [2.05, 4.69) is 42.5 Å². The monoisotopic (exact) mass is 444 g/mol. The molecule has 1 atom stereocenters. The van der Waals surface area contributed by atoms with Crippen LogP contribution < -0.4 is 10.6 Å². The maximum atomic E-state index is 12.3. The molecule has 3 rings (SSSR count). The highest BCUT2D eigenvalue weighted by atomic mass is 79.9. The lowest BCUT2D eigenvalue weighted by Crippen LogP contribution is -2.39. The number of halogens is 2. The fraction of sp³-hybridized carbons (Fsp3) is 0.500. The number of ether oxygens (including phenoxy) is 1. The minimum atomic E-state index is -0.350. The Morgan fingerprint density at radius 3 is 2.83 bits per heavy atom. The molecule has 23 heavy (non-hydrogen) atoms. The average molecular weight is 446 g/mol. The van der Waals surface area contributed by atoms with Crippen LogP contribution in [-0.4, -0.2) is 37.6 Å². The van der Waals surface area contributed by atoms with Crippen LogP contribution >= 0.6 is 31.9 Å². The van der Waals surface area contributed by atoms with Gasteiger partial charge in [-0.3, -0.25) is 9.59 Å². The molecule has 1 aromatic rings. The zero-order chi connectivity index (χ0) is 16.4. The Labute approximate surface area is 151 Å². The van der Waals surface area contributed by atoms with Crippen molar-refractivity contribution < 1.29 is 14.3 Å². The summed E-state index contributed by atoms with van der Waals surface area (Å²) in [5.74, 6) is -0.289. The number of carbonyl (C=O) groups excluding carboxylic acids is 2.